The lowest BCUT2D eigenvalue weighted by atomic mass is 10.4. The number of nitrogens with one attached hydrogen (secondary N) is 3. The Hall–Kier alpha value is -6.83. The summed E-state index contributed by atoms with van der Waals surface area (Å²) >= 11 is 2.89. The van der Waals surface area contributed by atoms with Gasteiger partial charge in [-0.1, -0.05) is 65.7 Å². The van der Waals surface area contributed by atoms with E-state index >= 15 is 0 Å². The van der Waals surface area contributed by atoms with Crippen LogP contribution in [0.4, 0.5) is 0 Å². The van der Waals surface area contributed by atoms with Crippen molar-refractivity contribution >= 4 is 23.1 Å². The Kier molecular flexibility index (Phi) is 45.6. The third-order valence-electron chi connectivity index (χ3n) is 5.64. The second-order valence-electron chi connectivity index (χ2n) is 11.2. The zero-order valence-electron chi connectivity index (χ0n) is 43.6. The Morgan fingerprint density at radius 2 is 0.851 bits per heavy atom. The molecule has 0 spiro atoms. The van der Waals surface area contributed by atoms with E-state index in [1.807, 2.05) is 125 Å². The van der Waals surface area contributed by atoms with E-state index in [2.05, 4.69) is 109 Å². The summed E-state index contributed by atoms with van der Waals surface area (Å²) < 4.78 is 23.6. The zero-order valence-corrected chi connectivity index (χ0v) is 45.2. The largest absolute Gasteiger partial charge is 0.449 e. The van der Waals surface area contributed by atoms with Gasteiger partial charge in [-0.2, -0.15) is 39.1 Å². The molecule has 0 bridgehead atoms. The van der Waals surface area contributed by atoms with Crippen LogP contribution in [0.3, 0.4) is 0 Å². The van der Waals surface area contributed by atoms with Gasteiger partial charge in [-0.15, -0.1) is 0 Å². The van der Waals surface area contributed by atoms with Gasteiger partial charge < -0.3 is 13.5 Å². The summed E-state index contributed by atoms with van der Waals surface area (Å²) in [6.45, 7) is 40.2. The molecule has 24 nitrogen and oxygen atoms in total. The molecule has 3 N–H and O–H groups in total. The summed E-state index contributed by atoms with van der Waals surface area (Å²) in [5.74, 6) is 7.86. The number of aromatic amines is 3. The van der Waals surface area contributed by atoms with Crippen LogP contribution in [-0.4, -0.2) is 104 Å². The lowest BCUT2D eigenvalue weighted by Crippen LogP contribution is -1.83. The van der Waals surface area contributed by atoms with Gasteiger partial charge in [0.2, 0.25) is 11.8 Å². The van der Waals surface area contributed by atoms with E-state index in [1.54, 1.807) is 38.7 Å². The molecule has 0 aromatic carbocycles. The Bertz CT molecular complexity index is 1900. The molecule has 0 fully saturated rings. The molecule has 0 saturated carbocycles. The molecule has 0 aliphatic heterocycles. The van der Waals surface area contributed by atoms with Crippen LogP contribution in [0, 0.1) is 90.0 Å². The molecular formula is C41H75N21O3S2. The van der Waals surface area contributed by atoms with E-state index < -0.39 is 0 Å². The Labute approximate surface area is 403 Å². The zero-order chi connectivity index (χ0) is 52.0. The van der Waals surface area contributed by atoms with Crippen LogP contribution >= 0.6 is 23.1 Å². The molecule has 26 heteroatoms. The fourth-order valence-corrected chi connectivity index (χ4v) is 3.99. The maximum atomic E-state index is 4.85. The summed E-state index contributed by atoms with van der Waals surface area (Å²) in [5.41, 5.74) is 0.972. The van der Waals surface area contributed by atoms with E-state index in [0.717, 1.165) is 50.6 Å². The van der Waals surface area contributed by atoms with Crippen molar-refractivity contribution in [3.63, 3.8) is 0 Å². The van der Waals surface area contributed by atoms with Crippen molar-refractivity contribution in [2.75, 3.05) is 0 Å². The van der Waals surface area contributed by atoms with Crippen molar-refractivity contribution in [3.8, 4) is 0 Å². The minimum Gasteiger partial charge on any atom is -0.449 e. The van der Waals surface area contributed by atoms with Crippen molar-refractivity contribution in [1.82, 2.24) is 104 Å². The highest BCUT2D eigenvalue weighted by atomic mass is 32.1. The van der Waals surface area contributed by atoms with Crippen LogP contribution in [0.1, 0.15) is 129 Å². The van der Waals surface area contributed by atoms with Gasteiger partial charge in [-0.3, -0.25) is 20.0 Å². The molecule has 374 valence electrons. The predicted octanol–water partition coefficient (Wildman–Crippen LogP) is 9.23. The van der Waals surface area contributed by atoms with Crippen molar-refractivity contribution in [2.24, 2.45) is 7.05 Å². The molecule has 0 atom stereocenters. The van der Waals surface area contributed by atoms with Gasteiger partial charge in [0, 0.05) is 20.9 Å². The minimum absolute atomic E-state index is 0.623. The molecule has 9 aromatic heterocycles. The standard InChI is InChI=1S/C5H7NO.2C4H6N2O.2C4H6N2S.4C3H5N3.4C2H6/c1-4-5(2)7-3-6-4;4*1-3-5-4(2)7-6-3;1-6-3-4-2-5-6;3*1-3-4-2-5-6-3;4*1-2/h3H,1-2H3;4*1-2H3;2-3H,1H3;3*2H,1H3,(H,4,5,6);4*1-2H3. The summed E-state index contributed by atoms with van der Waals surface area (Å²) in [5, 5.41) is 31.5. The lowest BCUT2D eigenvalue weighted by molar-refractivity contribution is 0.389. The topological polar surface area (TPSA) is 311 Å². The molecule has 9 aromatic rings. The van der Waals surface area contributed by atoms with E-state index in [9.17, 15) is 0 Å². The van der Waals surface area contributed by atoms with E-state index in [4.69, 9.17) is 4.42 Å². The Balaban J connectivity index is -0.000000327. The average molecular weight is 974 g/mol. The fourth-order valence-electron chi connectivity index (χ4n) is 3.03. The predicted molar refractivity (Wildman–Crippen MR) is 262 cm³/mol. The first kappa shape index (κ1) is 66.8. The summed E-state index contributed by atoms with van der Waals surface area (Å²) in [6, 6.07) is 0. The molecule has 9 rings (SSSR count). The fraction of sp³-hybridized carbons (Fsp3) is 0.537. The van der Waals surface area contributed by atoms with Gasteiger partial charge >= 0.3 is 0 Å². The normalized spacial score (nSPS) is 8.45. The summed E-state index contributed by atoms with van der Waals surface area (Å²) in [6.07, 6.45) is 9.03. The quantitative estimate of drug-likeness (QED) is 0.127. The van der Waals surface area contributed by atoms with Crippen LogP contribution in [0.5, 0.6) is 0 Å². The average Bonchev–Trinajstić information content (AvgIpc) is 4.16. The highest BCUT2D eigenvalue weighted by molar-refractivity contribution is 7.05. The molecule has 0 saturated heterocycles. The Morgan fingerprint density at radius 3 is 0.925 bits per heavy atom. The number of oxazole rings is 1. The first-order chi connectivity index (χ1) is 32.0. The molecule has 0 amide bonds. The van der Waals surface area contributed by atoms with Crippen LogP contribution in [0.2, 0.25) is 0 Å². The maximum Gasteiger partial charge on any atom is 0.223 e. The maximum absolute atomic E-state index is 4.85. The number of aromatic nitrogens is 21. The highest BCUT2D eigenvalue weighted by Crippen LogP contribution is 2.00. The highest BCUT2D eigenvalue weighted by Gasteiger charge is 1.92. The lowest BCUT2D eigenvalue weighted by Gasteiger charge is -1.76. The molecule has 0 radical (unpaired) electrons. The van der Waals surface area contributed by atoms with Crippen molar-refractivity contribution in [3.05, 3.63) is 112 Å². The molecule has 0 aliphatic rings. The number of hydrogen-bond donors (Lipinski definition) is 3. The van der Waals surface area contributed by atoms with Crippen LogP contribution < -0.4 is 0 Å². The first-order valence-corrected chi connectivity index (χ1v) is 22.8. The van der Waals surface area contributed by atoms with Gasteiger partial charge in [-0.25, -0.2) is 34.9 Å². The van der Waals surface area contributed by atoms with Gasteiger partial charge in [0.05, 0.1) is 5.69 Å². The first-order valence-electron chi connectivity index (χ1n) is 21.2. The number of rotatable bonds is 0. The van der Waals surface area contributed by atoms with E-state index in [-0.39, 0.29) is 0 Å². The van der Waals surface area contributed by atoms with Crippen molar-refractivity contribution < 1.29 is 13.5 Å². The van der Waals surface area contributed by atoms with Gasteiger partial charge in [0.1, 0.15) is 76.5 Å². The van der Waals surface area contributed by atoms with Crippen LogP contribution in [0.25, 0.3) is 0 Å². The molecular weight excluding hydrogens is 899 g/mol. The SMILES string of the molecule is CC.CC.CC.CC.Cc1ncn[nH]1.Cc1ncn[nH]1.Cc1ncn[nH]1.Cc1ncoc1C.Cc1noc(C)n1.Cc1noc(C)n1.Cc1nsc(C)n1.Cc1nsc(C)n1.Cn1cncn1. The number of H-pyrrole nitrogens is 3. The van der Waals surface area contributed by atoms with Gasteiger partial charge in [0.15, 0.2) is 18.0 Å². The smallest absolute Gasteiger partial charge is 0.223 e. The van der Waals surface area contributed by atoms with Crippen LogP contribution in [0.15, 0.2) is 51.5 Å². The number of nitrogens with zero attached hydrogens (tertiary/aromatic N) is 18. The second-order valence-corrected chi connectivity index (χ2v) is 13.1. The monoisotopic (exact) mass is 974 g/mol. The Morgan fingerprint density at radius 1 is 0.478 bits per heavy atom. The summed E-state index contributed by atoms with van der Waals surface area (Å²) in [4.78, 5) is 34.5. The van der Waals surface area contributed by atoms with Crippen molar-refractivity contribution in [2.45, 2.75) is 145 Å². The molecule has 67 heavy (non-hydrogen) atoms. The third kappa shape index (κ3) is 42.9. The number of aryl methyl sites for hydroxylation is 14. The van der Waals surface area contributed by atoms with E-state index in [1.165, 1.54) is 54.8 Å². The summed E-state index contributed by atoms with van der Waals surface area (Å²) in [7, 11) is 1.83. The second kappa shape index (κ2) is 45.7. The van der Waals surface area contributed by atoms with Crippen molar-refractivity contribution in [1.29, 1.82) is 0 Å². The molecule has 0 aliphatic carbocycles. The minimum atomic E-state index is 0.623. The molecule has 0 unspecified atom stereocenters. The van der Waals surface area contributed by atoms with Gasteiger partial charge in [-0.05, 0) is 99.2 Å². The molecule has 9 heterocycles. The number of hydrogen-bond acceptors (Lipinski definition) is 22. The van der Waals surface area contributed by atoms with Gasteiger partial charge in [0.25, 0.3) is 0 Å². The van der Waals surface area contributed by atoms with E-state index in [0.29, 0.717) is 23.4 Å². The van der Waals surface area contributed by atoms with Crippen LogP contribution in [-0.2, 0) is 7.05 Å². The third-order valence-corrected chi connectivity index (χ3v) is 7.06.